The van der Waals surface area contributed by atoms with Crippen molar-refractivity contribution in [1.29, 1.82) is 0 Å². The summed E-state index contributed by atoms with van der Waals surface area (Å²) in [6.45, 7) is 6.43. The molecule has 0 aliphatic carbocycles. The van der Waals surface area contributed by atoms with Crippen molar-refractivity contribution in [1.82, 2.24) is 10.3 Å². The molecule has 23 heavy (non-hydrogen) atoms. The van der Waals surface area contributed by atoms with E-state index in [1.165, 1.54) is 5.56 Å². The second-order valence-corrected chi connectivity index (χ2v) is 9.54. The number of H-pyrrole nitrogens is 1. The van der Waals surface area contributed by atoms with Crippen molar-refractivity contribution >= 4 is 26.6 Å². The number of aromatic amines is 1. The number of aromatic nitrogens is 1. The minimum Gasteiger partial charge on any atom is -0.351 e. The molecular weight excluding hydrogens is 312 g/mol. The molecule has 2 aromatic rings. The highest BCUT2D eigenvalue weighted by Crippen LogP contribution is 2.26. The van der Waals surface area contributed by atoms with Crippen molar-refractivity contribution < 1.29 is 13.2 Å². The van der Waals surface area contributed by atoms with Gasteiger partial charge in [-0.3, -0.25) is 4.79 Å². The lowest BCUT2D eigenvalue weighted by Gasteiger charge is -2.18. The van der Waals surface area contributed by atoms with Crippen molar-refractivity contribution in [2.24, 2.45) is 0 Å². The first kappa shape index (κ1) is 16.1. The molecule has 1 amide bonds. The molecule has 1 aromatic carbocycles. The number of sulfone groups is 1. The minimum absolute atomic E-state index is 0.0349. The third-order valence-corrected chi connectivity index (χ3v) is 6.07. The third-order valence-electron chi connectivity index (χ3n) is 4.30. The van der Waals surface area contributed by atoms with Crippen LogP contribution >= 0.6 is 0 Å². The predicted octanol–water partition coefficient (Wildman–Crippen LogP) is 2.38. The van der Waals surface area contributed by atoms with Crippen LogP contribution in [0.5, 0.6) is 0 Å². The number of carbonyl (C=O) groups excluding carboxylic acids is 1. The Kier molecular flexibility index (Phi) is 3.75. The molecule has 3 rings (SSSR count). The summed E-state index contributed by atoms with van der Waals surface area (Å²) < 4.78 is 22.9. The van der Waals surface area contributed by atoms with Crippen LogP contribution in [0.25, 0.3) is 10.9 Å². The SMILES string of the molecule is CC(C)(C)c1ccc2cc(C(=O)N[C@@H]3CCS(=O)(=O)C3)[nH]c2c1. The van der Waals surface area contributed by atoms with Crippen LogP contribution in [0, 0.1) is 0 Å². The normalized spacial score (nSPS) is 20.7. The van der Waals surface area contributed by atoms with Gasteiger partial charge >= 0.3 is 0 Å². The van der Waals surface area contributed by atoms with E-state index in [1.807, 2.05) is 6.07 Å². The average molecular weight is 334 g/mol. The van der Waals surface area contributed by atoms with Gasteiger partial charge in [0, 0.05) is 16.9 Å². The number of hydrogen-bond donors (Lipinski definition) is 2. The van der Waals surface area contributed by atoms with Crippen LogP contribution in [0.1, 0.15) is 43.2 Å². The number of fused-ring (bicyclic) bond motifs is 1. The minimum atomic E-state index is -2.99. The fourth-order valence-electron chi connectivity index (χ4n) is 2.89. The lowest BCUT2D eigenvalue weighted by atomic mass is 9.87. The second-order valence-electron chi connectivity index (χ2n) is 7.31. The van der Waals surface area contributed by atoms with Crippen molar-refractivity contribution in [2.75, 3.05) is 11.5 Å². The molecule has 0 spiro atoms. The van der Waals surface area contributed by atoms with Gasteiger partial charge in [0.05, 0.1) is 11.5 Å². The fourth-order valence-corrected chi connectivity index (χ4v) is 4.56. The van der Waals surface area contributed by atoms with E-state index >= 15 is 0 Å². The van der Waals surface area contributed by atoms with E-state index in [1.54, 1.807) is 6.07 Å². The van der Waals surface area contributed by atoms with Crippen LogP contribution in [0.2, 0.25) is 0 Å². The molecule has 0 saturated carbocycles. The summed E-state index contributed by atoms with van der Waals surface area (Å²) in [6, 6.07) is 7.65. The number of benzene rings is 1. The van der Waals surface area contributed by atoms with E-state index < -0.39 is 9.84 Å². The molecule has 1 fully saturated rings. The Hall–Kier alpha value is -1.82. The summed E-state index contributed by atoms with van der Waals surface area (Å²) in [5, 5.41) is 3.78. The van der Waals surface area contributed by atoms with Gasteiger partial charge in [0.1, 0.15) is 5.69 Å². The van der Waals surface area contributed by atoms with Crippen LogP contribution in [0.15, 0.2) is 24.3 Å². The molecule has 1 aliphatic heterocycles. The summed E-state index contributed by atoms with van der Waals surface area (Å²) in [7, 11) is -2.99. The summed E-state index contributed by atoms with van der Waals surface area (Å²) in [6.07, 6.45) is 0.489. The average Bonchev–Trinajstić information content (AvgIpc) is 3.00. The molecule has 6 heteroatoms. The largest absolute Gasteiger partial charge is 0.351 e. The monoisotopic (exact) mass is 334 g/mol. The number of amides is 1. The molecular formula is C17H22N2O3S. The van der Waals surface area contributed by atoms with Crippen molar-refractivity contribution in [3.8, 4) is 0 Å². The van der Waals surface area contributed by atoms with Crippen LogP contribution in [-0.2, 0) is 15.3 Å². The highest BCUT2D eigenvalue weighted by Gasteiger charge is 2.29. The predicted molar refractivity (Wildman–Crippen MR) is 91.5 cm³/mol. The Balaban J connectivity index is 1.81. The molecule has 1 saturated heterocycles. The molecule has 5 nitrogen and oxygen atoms in total. The Bertz CT molecular complexity index is 860. The quantitative estimate of drug-likeness (QED) is 0.885. The van der Waals surface area contributed by atoms with Crippen molar-refractivity contribution in [3.63, 3.8) is 0 Å². The number of hydrogen-bond acceptors (Lipinski definition) is 3. The molecule has 124 valence electrons. The summed E-state index contributed by atoms with van der Waals surface area (Å²) in [4.78, 5) is 15.5. The maximum atomic E-state index is 12.3. The number of rotatable bonds is 2. The van der Waals surface area contributed by atoms with Crippen molar-refractivity contribution in [2.45, 2.75) is 38.6 Å². The molecule has 1 aliphatic rings. The maximum absolute atomic E-state index is 12.3. The highest BCUT2D eigenvalue weighted by atomic mass is 32.2. The second kappa shape index (κ2) is 5.37. The first-order valence-electron chi connectivity index (χ1n) is 7.79. The Morgan fingerprint density at radius 1 is 1.26 bits per heavy atom. The maximum Gasteiger partial charge on any atom is 0.267 e. The van der Waals surface area contributed by atoms with Gasteiger partial charge in [0.25, 0.3) is 5.91 Å². The van der Waals surface area contributed by atoms with E-state index in [2.05, 4.69) is 43.2 Å². The Morgan fingerprint density at radius 3 is 2.61 bits per heavy atom. The van der Waals surface area contributed by atoms with E-state index in [4.69, 9.17) is 0 Å². The third kappa shape index (κ3) is 3.42. The first-order chi connectivity index (χ1) is 10.6. The summed E-state index contributed by atoms with van der Waals surface area (Å²) in [5.74, 6) is -0.0622. The molecule has 2 N–H and O–H groups in total. The van der Waals surface area contributed by atoms with Gasteiger partial charge in [0.2, 0.25) is 0 Å². The Labute approximate surface area is 136 Å². The van der Waals surface area contributed by atoms with Gasteiger partial charge < -0.3 is 10.3 Å². The van der Waals surface area contributed by atoms with E-state index in [0.29, 0.717) is 12.1 Å². The molecule has 0 unspecified atom stereocenters. The van der Waals surface area contributed by atoms with Gasteiger partial charge in [-0.25, -0.2) is 8.42 Å². The summed E-state index contributed by atoms with van der Waals surface area (Å²) >= 11 is 0. The number of carbonyl (C=O) groups is 1. The lowest BCUT2D eigenvalue weighted by molar-refractivity contribution is 0.0937. The smallest absolute Gasteiger partial charge is 0.267 e. The topological polar surface area (TPSA) is 79.0 Å². The molecule has 2 heterocycles. The number of nitrogens with one attached hydrogen (secondary N) is 2. The highest BCUT2D eigenvalue weighted by molar-refractivity contribution is 7.91. The first-order valence-corrected chi connectivity index (χ1v) is 9.61. The standard InChI is InChI=1S/C17H22N2O3S/c1-17(2,3)12-5-4-11-8-15(19-14(11)9-12)16(20)18-13-6-7-23(21,22)10-13/h4-5,8-9,13,19H,6-7,10H2,1-3H3,(H,18,20)/t13-/m1/s1. The fraction of sp³-hybridized carbons (Fsp3) is 0.471. The zero-order valence-corrected chi connectivity index (χ0v) is 14.5. The van der Waals surface area contributed by atoms with E-state index in [0.717, 1.165) is 10.9 Å². The molecule has 1 aromatic heterocycles. The van der Waals surface area contributed by atoms with Gasteiger partial charge in [-0.2, -0.15) is 0 Å². The molecule has 1 atom stereocenters. The molecule has 0 radical (unpaired) electrons. The van der Waals surface area contributed by atoms with Crippen LogP contribution < -0.4 is 5.32 Å². The van der Waals surface area contributed by atoms with Gasteiger partial charge in [-0.05, 0) is 29.5 Å². The van der Waals surface area contributed by atoms with E-state index in [9.17, 15) is 13.2 Å². The van der Waals surface area contributed by atoms with E-state index in [-0.39, 0.29) is 28.9 Å². The molecule has 0 bridgehead atoms. The lowest BCUT2D eigenvalue weighted by Crippen LogP contribution is -2.35. The van der Waals surface area contributed by atoms with Crippen LogP contribution in [0.3, 0.4) is 0 Å². The van der Waals surface area contributed by atoms with Crippen molar-refractivity contribution in [3.05, 3.63) is 35.5 Å². The zero-order chi connectivity index (χ0) is 16.8. The van der Waals surface area contributed by atoms with Crippen LogP contribution in [0.4, 0.5) is 0 Å². The zero-order valence-electron chi connectivity index (χ0n) is 13.6. The summed E-state index contributed by atoms with van der Waals surface area (Å²) in [5.41, 5.74) is 2.62. The van der Waals surface area contributed by atoms with Gasteiger partial charge in [-0.15, -0.1) is 0 Å². The van der Waals surface area contributed by atoms with Gasteiger partial charge in [-0.1, -0.05) is 32.9 Å². The Morgan fingerprint density at radius 2 is 2.00 bits per heavy atom. The van der Waals surface area contributed by atoms with Gasteiger partial charge in [0.15, 0.2) is 9.84 Å². The van der Waals surface area contributed by atoms with Crippen LogP contribution in [-0.4, -0.2) is 36.9 Å².